The van der Waals surface area contributed by atoms with E-state index >= 15 is 0 Å². The lowest BCUT2D eigenvalue weighted by Gasteiger charge is -2.39. The molecule has 0 N–H and O–H groups in total. The fraction of sp³-hybridized carbons (Fsp3) is 1.00. The monoisotopic (exact) mass is 270 g/mol. The predicted octanol–water partition coefficient (Wildman–Crippen LogP) is 4.82. The van der Waals surface area contributed by atoms with E-state index in [9.17, 15) is 0 Å². The Kier molecular flexibility index (Phi) is 8.72. The third kappa shape index (κ3) is 5.43. The molecule has 0 aliphatic heterocycles. The molecule has 0 aromatic heterocycles. The zero-order valence-corrected chi connectivity index (χ0v) is 13.4. The maximum atomic E-state index is 5.86. The molecule has 0 aromatic rings. The number of ether oxygens (including phenoxy) is 2. The second kappa shape index (κ2) is 9.77. The molecule has 19 heavy (non-hydrogen) atoms. The summed E-state index contributed by atoms with van der Waals surface area (Å²) in [6.07, 6.45) is 10.8. The first-order valence-corrected chi connectivity index (χ1v) is 8.44. The Balaban J connectivity index is 2.67. The fourth-order valence-corrected chi connectivity index (χ4v) is 3.50. The van der Waals surface area contributed by atoms with Crippen molar-refractivity contribution in [3.05, 3.63) is 0 Å². The van der Waals surface area contributed by atoms with Crippen LogP contribution in [0.25, 0.3) is 0 Å². The molecule has 2 heteroatoms. The average molecular weight is 270 g/mol. The zero-order valence-electron chi connectivity index (χ0n) is 13.4. The molecule has 0 radical (unpaired) electrons. The maximum absolute atomic E-state index is 5.86. The van der Waals surface area contributed by atoms with E-state index in [1.807, 2.05) is 0 Å². The van der Waals surface area contributed by atoms with Crippen molar-refractivity contribution in [3.8, 4) is 0 Å². The molecule has 1 aliphatic rings. The maximum Gasteiger partial charge on any atom is 0.0547 e. The van der Waals surface area contributed by atoms with E-state index in [0.717, 1.165) is 32.3 Å². The van der Waals surface area contributed by atoms with Gasteiger partial charge in [0, 0.05) is 18.6 Å². The zero-order chi connectivity index (χ0) is 14.0. The Labute approximate surface area is 120 Å². The first-order valence-electron chi connectivity index (χ1n) is 8.44. The molecule has 0 aromatic carbocycles. The van der Waals surface area contributed by atoms with Gasteiger partial charge in [0.1, 0.15) is 0 Å². The standard InChI is InChI=1S/C17H34O2/c1-4-7-10-13-17(14-18-5-2,15-19-6-3)16-11-8-9-12-16/h16H,4-15H2,1-3H3. The smallest absolute Gasteiger partial charge is 0.0547 e. The second-order valence-electron chi connectivity index (χ2n) is 6.08. The highest BCUT2D eigenvalue weighted by molar-refractivity contribution is 4.89. The van der Waals surface area contributed by atoms with Gasteiger partial charge in [-0.2, -0.15) is 0 Å². The lowest BCUT2D eigenvalue weighted by molar-refractivity contribution is -0.0563. The molecule has 1 rings (SSSR count). The van der Waals surface area contributed by atoms with Crippen molar-refractivity contribution in [3.63, 3.8) is 0 Å². The molecule has 1 aliphatic carbocycles. The second-order valence-corrected chi connectivity index (χ2v) is 6.08. The van der Waals surface area contributed by atoms with E-state index in [-0.39, 0.29) is 5.41 Å². The molecule has 0 saturated heterocycles. The van der Waals surface area contributed by atoms with E-state index in [1.54, 1.807) is 0 Å². The van der Waals surface area contributed by atoms with Crippen LogP contribution in [-0.2, 0) is 9.47 Å². The van der Waals surface area contributed by atoms with Gasteiger partial charge in [-0.3, -0.25) is 0 Å². The molecule has 0 bridgehead atoms. The summed E-state index contributed by atoms with van der Waals surface area (Å²) in [5.74, 6) is 0.822. The highest BCUT2D eigenvalue weighted by Crippen LogP contribution is 2.44. The van der Waals surface area contributed by atoms with Crippen LogP contribution >= 0.6 is 0 Å². The molecular weight excluding hydrogens is 236 g/mol. The quantitative estimate of drug-likeness (QED) is 0.501. The van der Waals surface area contributed by atoms with Crippen molar-refractivity contribution < 1.29 is 9.47 Å². The van der Waals surface area contributed by atoms with E-state index in [2.05, 4.69) is 20.8 Å². The molecule has 2 nitrogen and oxygen atoms in total. The van der Waals surface area contributed by atoms with Gasteiger partial charge >= 0.3 is 0 Å². The Morgan fingerprint density at radius 1 is 0.895 bits per heavy atom. The minimum absolute atomic E-state index is 0.289. The summed E-state index contributed by atoms with van der Waals surface area (Å²) in [7, 11) is 0. The topological polar surface area (TPSA) is 18.5 Å². The van der Waals surface area contributed by atoms with Crippen LogP contribution in [0.15, 0.2) is 0 Å². The average Bonchev–Trinajstić information content (AvgIpc) is 2.96. The largest absolute Gasteiger partial charge is 0.381 e. The van der Waals surface area contributed by atoms with Gasteiger partial charge in [0.05, 0.1) is 13.2 Å². The van der Waals surface area contributed by atoms with Gasteiger partial charge < -0.3 is 9.47 Å². The normalized spacial score (nSPS) is 17.2. The van der Waals surface area contributed by atoms with Gasteiger partial charge in [-0.05, 0) is 39.0 Å². The number of hydrogen-bond acceptors (Lipinski definition) is 2. The number of unbranched alkanes of at least 4 members (excludes halogenated alkanes) is 2. The minimum atomic E-state index is 0.289. The lowest BCUT2D eigenvalue weighted by atomic mass is 9.72. The highest BCUT2D eigenvalue weighted by Gasteiger charge is 2.40. The Bertz CT molecular complexity index is 201. The highest BCUT2D eigenvalue weighted by atomic mass is 16.5. The third-order valence-electron chi connectivity index (χ3n) is 4.69. The van der Waals surface area contributed by atoms with Gasteiger partial charge in [0.25, 0.3) is 0 Å². The van der Waals surface area contributed by atoms with Gasteiger partial charge in [-0.1, -0.05) is 39.0 Å². The van der Waals surface area contributed by atoms with Crippen LogP contribution in [0.2, 0.25) is 0 Å². The van der Waals surface area contributed by atoms with E-state index in [0.29, 0.717) is 0 Å². The molecule has 0 heterocycles. The molecule has 1 saturated carbocycles. The van der Waals surface area contributed by atoms with Crippen LogP contribution in [0.4, 0.5) is 0 Å². The van der Waals surface area contributed by atoms with Crippen LogP contribution < -0.4 is 0 Å². The molecular formula is C17H34O2. The fourth-order valence-electron chi connectivity index (χ4n) is 3.50. The number of hydrogen-bond donors (Lipinski definition) is 0. The summed E-state index contributed by atoms with van der Waals surface area (Å²) in [5, 5.41) is 0. The molecule has 114 valence electrons. The Morgan fingerprint density at radius 3 is 1.95 bits per heavy atom. The molecule has 0 unspecified atom stereocenters. The summed E-state index contributed by atoms with van der Waals surface area (Å²) >= 11 is 0. The van der Waals surface area contributed by atoms with Gasteiger partial charge in [0.2, 0.25) is 0 Å². The van der Waals surface area contributed by atoms with Gasteiger partial charge in [-0.25, -0.2) is 0 Å². The van der Waals surface area contributed by atoms with E-state index < -0.39 is 0 Å². The molecule has 0 atom stereocenters. The summed E-state index contributed by atoms with van der Waals surface area (Å²) in [6, 6.07) is 0. The van der Waals surface area contributed by atoms with Crippen LogP contribution in [0, 0.1) is 11.3 Å². The third-order valence-corrected chi connectivity index (χ3v) is 4.69. The van der Waals surface area contributed by atoms with Gasteiger partial charge in [-0.15, -0.1) is 0 Å². The SMILES string of the molecule is CCCCCC(COCC)(COCC)C1CCCC1. The first kappa shape index (κ1) is 17.0. The van der Waals surface area contributed by atoms with Crippen molar-refractivity contribution in [2.24, 2.45) is 11.3 Å². The lowest BCUT2D eigenvalue weighted by Crippen LogP contribution is -2.39. The van der Waals surface area contributed by atoms with Crippen LogP contribution in [0.1, 0.15) is 72.1 Å². The molecule has 0 spiro atoms. The minimum Gasteiger partial charge on any atom is -0.381 e. The van der Waals surface area contributed by atoms with Crippen molar-refractivity contribution >= 4 is 0 Å². The van der Waals surface area contributed by atoms with Crippen LogP contribution in [-0.4, -0.2) is 26.4 Å². The van der Waals surface area contributed by atoms with Crippen LogP contribution in [0.5, 0.6) is 0 Å². The van der Waals surface area contributed by atoms with Crippen molar-refractivity contribution in [1.29, 1.82) is 0 Å². The first-order chi connectivity index (χ1) is 9.29. The molecule has 1 fully saturated rings. The Hall–Kier alpha value is -0.0800. The van der Waals surface area contributed by atoms with E-state index in [4.69, 9.17) is 9.47 Å². The summed E-state index contributed by atoms with van der Waals surface area (Å²) in [6.45, 7) is 9.94. The number of rotatable bonds is 11. The summed E-state index contributed by atoms with van der Waals surface area (Å²) in [5.41, 5.74) is 0.289. The summed E-state index contributed by atoms with van der Waals surface area (Å²) in [4.78, 5) is 0. The van der Waals surface area contributed by atoms with E-state index in [1.165, 1.54) is 51.4 Å². The predicted molar refractivity (Wildman–Crippen MR) is 81.5 cm³/mol. The van der Waals surface area contributed by atoms with Crippen molar-refractivity contribution in [1.82, 2.24) is 0 Å². The molecule has 0 amide bonds. The van der Waals surface area contributed by atoms with Crippen molar-refractivity contribution in [2.75, 3.05) is 26.4 Å². The Morgan fingerprint density at radius 2 is 1.47 bits per heavy atom. The van der Waals surface area contributed by atoms with Crippen molar-refractivity contribution in [2.45, 2.75) is 72.1 Å². The summed E-state index contributed by atoms with van der Waals surface area (Å²) < 4.78 is 11.7. The van der Waals surface area contributed by atoms with Gasteiger partial charge in [0.15, 0.2) is 0 Å². The van der Waals surface area contributed by atoms with Crippen LogP contribution in [0.3, 0.4) is 0 Å².